The number of piperidine rings is 1. The highest BCUT2D eigenvalue weighted by Gasteiger charge is 2.26. The molecule has 0 radical (unpaired) electrons. The molecule has 2 aromatic rings. The number of carbonyl (C=O) groups is 1. The van der Waals surface area contributed by atoms with Crippen molar-refractivity contribution in [2.75, 3.05) is 13.1 Å². The minimum absolute atomic E-state index is 0.0571. The monoisotopic (exact) mass is 301 g/mol. The number of amides is 1. The molecule has 5 nitrogen and oxygen atoms in total. The number of nitrogens with zero attached hydrogens (tertiary/aromatic N) is 3. The van der Waals surface area contributed by atoms with Gasteiger partial charge in [0.2, 0.25) is 5.88 Å². The van der Waals surface area contributed by atoms with E-state index in [-0.39, 0.29) is 5.91 Å². The molecule has 118 valence electrons. The van der Waals surface area contributed by atoms with Crippen molar-refractivity contribution in [3.05, 3.63) is 24.3 Å². The van der Waals surface area contributed by atoms with Gasteiger partial charge in [-0.3, -0.25) is 9.48 Å². The first-order valence-electron chi connectivity index (χ1n) is 7.93. The van der Waals surface area contributed by atoms with E-state index in [0.29, 0.717) is 11.8 Å². The fraction of sp³-hybridized carbons (Fsp3) is 0.529. The number of rotatable bonds is 3. The third-order valence-electron chi connectivity index (χ3n) is 4.46. The fourth-order valence-corrected chi connectivity index (χ4v) is 2.97. The third kappa shape index (κ3) is 2.80. The second kappa shape index (κ2) is 5.99. The van der Waals surface area contributed by atoms with Crippen molar-refractivity contribution in [1.82, 2.24) is 14.7 Å². The molecule has 0 bridgehead atoms. The van der Waals surface area contributed by atoms with Crippen LogP contribution in [0.1, 0.15) is 26.7 Å². The summed E-state index contributed by atoms with van der Waals surface area (Å²) in [6.07, 6.45) is 1.64. The fourth-order valence-electron chi connectivity index (χ4n) is 2.97. The quantitative estimate of drug-likeness (QED) is 0.875. The molecule has 1 aliphatic rings. The van der Waals surface area contributed by atoms with Crippen molar-refractivity contribution in [2.45, 2.75) is 32.8 Å². The molecule has 1 saturated heterocycles. The smallest absolute Gasteiger partial charge is 0.263 e. The molecule has 5 heteroatoms. The van der Waals surface area contributed by atoms with Gasteiger partial charge in [-0.25, -0.2) is 0 Å². The average Bonchev–Trinajstić information content (AvgIpc) is 2.84. The number of aromatic nitrogens is 2. The molecule has 0 unspecified atom stereocenters. The van der Waals surface area contributed by atoms with Gasteiger partial charge in [0.15, 0.2) is 6.10 Å². The molecule has 22 heavy (non-hydrogen) atoms. The van der Waals surface area contributed by atoms with Crippen LogP contribution in [-0.4, -0.2) is 39.8 Å². The Bertz CT molecular complexity index is 672. The zero-order valence-corrected chi connectivity index (χ0v) is 13.5. The van der Waals surface area contributed by atoms with Gasteiger partial charge in [-0.1, -0.05) is 19.1 Å². The van der Waals surface area contributed by atoms with E-state index in [1.807, 2.05) is 43.1 Å². The van der Waals surface area contributed by atoms with Gasteiger partial charge >= 0.3 is 0 Å². The van der Waals surface area contributed by atoms with E-state index in [2.05, 4.69) is 12.0 Å². The van der Waals surface area contributed by atoms with E-state index < -0.39 is 6.10 Å². The summed E-state index contributed by atoms with van der Waals surface area (Å²) in [5.74, 6) is 1.30. The lowest BCUT2D eigenvalue weighted by atomic mass is 9.99. The topological polar surface area (TPSA) is 47.4 Å². The van der Waals surface area contributed by atoms with E-state index in [1.165, 1.54) is 0 Å². The molecule has 1 amide bonds. The second-order valence-corrected chi connectivity index (χ2v) is 6.21. The molecule has 0 N–H and O–H groups in total. The SMILES string of the molecule is CC1CCN(C(=O)[C@@H](C)Oc2nn(C)c3ccccc23)CC1. The predicted octanol–water partition coefficient (Wildman–Crippen LogP) is 2.60. The Hall–Kier alpha value is -2.04. The van der Waals surface area contributed by atoms with E-state index in [4.69, 9.17) is 4.74 Å². The van der Waals surface area contributed by atoms with Crippen molar-refractivity contribution < 1.29 is 9.53 Å². The van der Waals surface area contributed by atoms with Crippen LogP contribution in [0.25, 0.3) is 10.9 Å². The van der Waals surface area contributed by atoms with Crippen molar-refractivity contribution >= 4 is 16.8 Å². The highest BCUT2D eigenvalue weighted by Crippen LogP contribution is 2.25. The van der Waals surface area contributed by atoms with Crippen molar-refractivity contribution in [2.24, 2.45) is 13.0 Å². The van der Waals surface area contributed by atoms with Gasteiger partial charge in [0, 0.05) is 20.1 Å². The third-order valence-corrected chi connectivity index (χ3v) is 4.46. The Kier molecular flexibility index (Phi) is 4.05. The van der Waals surface area contributed by atoms with Crippen molar-refractivity contribution in [1.29, 1.82) is 0 Å². The maximum absolute atomic E-state index is 12.5. The molecule has 0 spiro atoms. The summed E-state index contributed by atoms with van der Waals surface area (Å²) in [5.41, 5.74) is 1.00. The molecule has 1 atom stereocenters. The molecule has 0 saturated carbocycles. The van der Waals surface area contributed by atoms with Crippen molar-refractivity contribution in [3.8, 4) is 5.88 Å². The van der Waals surface area contributed by atoms with Gasteiger partial charge in [0.05, 0.1) is 10.9 Å². The first kappa shape index (κ1) is 14.9. The van der Waals surface area contributed by atoms with Crippen LogP contribution >= 0.6 is 0 Å². The molecule has 1 fully saturated rings. The summed E-state index contributed by atoms with van der Waals surface area (Å²) in [6, 6.07) is 7.89. The van der Waals surface area contributed by atoms with E-state index in [9.17, 15) is 4.79 Å². The highest BCUT2D eigenvalue weighted by molar-refractivity contribution is 5.86. The lowest BCUT2D eigenvalue weighted by Crippen LogP contribution is -2.44. The normalized spacial score (nSPS) is 17.7. The lowest BCUT2D eigenvalue weighted by Gasteiger charge is -2.31. The Morgan fingerprint density at radius 1 is 1.32 bits per heavy atom. The first-order chi connectivity index (χ1) is 10.6. The number of likely N-dealkylation sites (tertiary alicyclic amines) is 1. The molecular formula is C17H23N3O2. The molecule has 1 aromatic heterocycles. The Balaban J connectivity index is 1.73. The Morgan fingerprint density at radius 2 is 2.00 bits per heavy atom. The standard InChI is InChI=1S/C17H23N3O2/c1-12-8-10-20(11-9-12)17(21)13(2)22-16-14-6-4-5-7-15(14)19(3)18-16/h4-7,12-13H,8-11H2,1-3H3/t13-/m1/s1. The highest BCUT2D eigenvalue weighted by atomic mass is 16.5. The summed E-state index contributed by atoms with van der Waals surface area (Å²) >= 11 is 0. The zero-order chi connectivity index (χ0) is 15.7. The van der Waals surface area contributed by atoms with Gasteiger partial charge in [-0.2, -0.15) is 0 Å². The Labute approximate surface area is 130 Å². The number of para-hydroxylation sites is 1. The minimum atomic E-state index is -0.508. The van der Waals surface area contributed by atoms with Gasteiger partial charge < -0.3 is 9.64 Å². The maximum atomic E-state index is 12.5. The maximum Gasteiger partial charge on any atom is 0.263 e. The van der Waals surface area contributed by atoms with Crippen LogP contribution in [0.3, 0.4) is 0 Å². The molecule has 0 aliphatic carbocycles. The predicted molar refractivity (Wildman–Crippen MR) is 85.8 cm³/mol. The zero-order valence-electron chi connectivity index (χ0n) is 13.5. The molecule has 1 aliphatic heterocycles. The van der Waals surface area contributed by atoms with Gasteiger partial charge in [0.1, 0.15) is 0 Å². The van der Waals surface area contributed by atoms with Crippen LogP contribution < -0.4 is 4.74 Å². The summed E-state index contributed by atoms with van der Waals surface area (Å²) in [5, 5.41) is 5.33. The molecule has 3 rings (SSSR count). The number of ether oxygens (including phenoxy) is 1. The van der Waals surface area contributed by atoms with Gasteiger partial charge in [-0.15, -0.1) is 5.10 Å². The van der Waals surface area contributed by atoms with Crippen LogP contribution in [0.5, 0.6) is 5.88 Å². The van der Waals surface area contributed by atoms with Crippen LogP contribution in [0.2, 0.25) is 0 Å². The Morgan fingerprint density at radius 3 is 2.73 bits per heavy atom. The number of carbonyl (C=O) groups excluding carboxylic acids is 1. The summed E-state index contributed by atoms with van der Waals surface area (Å²) in [7, 11) is 1.88. The van der Waals surface area contributed by atoms with Crippen molar-refractivity contribution in [3.63, 3.8) is 0 Å². The largest absolute Gasteiger partial charge is 0.463 e. The number of benzene rings is 1. The van der Waals surface area contributed by atoms with E-state index >= 15 is 0 Å². The number of fused-ring (bicyclic) bond motifs is 1. The average molecular weight is 301 g/mol. The minimum Gasteiger partial charge on any atom is -0.463 e. The lowest BCUT2D eigenvalue weighted by molar-refractivity contribution is -0.139. The second-order valence-electron chi connectivity index (χ2n) is 6.21. The van der Waals surface area contributed by atoms with E-state index in [1.54, 1.807) is 4.68 Å². The van der Waals surface area contributed by atoms with Gasteiger partial charge in [0.25, 0.3) is 5.91 Å². The van der Waals surface area contributed by atoms with Gasteiger partial charge in [-0.05, 0) is 37.8 Å². The summed E-state index contributed by atoms with van der Waals surface area (Å²) in [6.45, 7) is 5.71. The first-order valence-corrected chi connectivity index (χ1v) is 7.93. The summed E-state index contributed by atoms with van der Waals surface area (Å²) in [4.78, 5) is 14.4. The number of hydrogen-bond acceptors (Lipinski definition) is 3. The summed E-state index contributed by atoms with van der Waals surface area (Å²) < 4.78 is 7.65. The molecular weight excluding hydrogens is 278 g/mol. The van der Waals surface area contributed by atoms with E-state index in [0.717, 1.165) is 36.8 Å². The van der Waals surface area contributed by atoms with Crippen LogP contribution in [-0.2, 0) is 11.8 Å². The van der Waals surface area contributed by atoms with Crippen LogP contribution in [0, 0.1) is 5.92 Å². The molecule has 2 heterocycles. The molecule has 1 aromatic carbocycles. The van der Waals surface area contributed by atoms with Crippen LogP contribution in [0.15, 0.2) is 24.3 Å². The number of hydrogen-bond donors (Lipinski definition) is 0. The van der Waals surface area contributed by atoms with Crippen LogP contribution in [0.4, 0.5) is 0 Å². The number of aryl methyl sites for hydroxylation is 1.